The monoisotopic (exact) mass is 381 g/mol. The van der Waals surface area contributed by atoms with Crippen LogP contribution in [0.3, 0.4) is 0 Å². The molecule has 0 spiro atoms. The predicted molar refractivity (Wildman–Crippen MR) is 101 cm³/mol. The molecule has 1 aliphatic rings. The highest BCUT2D eigenvalue weighted by Gasteiger charge is 2.38. The van der Waals surface area contributed by atoms with Crippen molar-refractivity contribution in [1.82, 2.24) is 0 Å². The summed E-state index contributed by atoms with van der Waals surface area (Å²) < 4.78 is 5.82. The molecule has 126 valence electrons. The number of thioether (sulfide) groups is 1. The molecule has 6 heteroatoms. The van der Waals surface area contributed by atoms with Gasteiger partial charge in [-0.3, -0.25) is 4.79 Å². The molecule has 0 bridgehead atoms. The first-order valence-corrected chi connectivity index (χ1v) is 9.29. The van der Waals surface area contributed by atoms with E-state index < -0.39 is 5.41 Å². The number of carbonyl (C=O) groups excluding carboxylic acids is 1. The van der Waals surface area contributed by atoms with Crippen LogP contribution in [-0.2, 0) is 10.2 Å². The fourth-order valence-electron chi connectivity index (χ4n) is 2.53. The molecular formula is C18H17Cl2NO2S. The van der Waals surface area contributed by atoms with Crippen LogP contribution in [0.2, 0.25) is 10.0 Å². The minimum atomic E-state index is -0.524. The minimum Gasteiger partial charge on any atom is -0.493 e. The third kappa shape index (κ3) is 3.51. The summed E-state index contributed by atoms with van der Waals surface area (Å²) in [4.78, 5) is 13.0. The van der Waals surface area contributed by atoms with E-state index >= 15 is 0 Å². The molecule has 2 aromatic carbocycles. The van der Waals surface area contributed by atoms with E-state index in [9.17, 15) is 4.79 Å². The second-order valence-electron chi connectivity index (χ2n) is 6.06. The van der Waals surface area contributed by atoms with Crippen LogP contribution in [0.25, 0.3) is 0 Å². The maximum absolute atomic E-state index is 12.0. The van der Waals surface area contributed by atoms with Crippen molar-refractivity contribution in [1.29, 1.82) is 0 Å². The molecule has 0 saturated carbocycles. The Hall–Kier alpha value is -1.36. The number of carbonyl (C=O) groups is 1. The number of fused-ring (bicyclic) bond motifs is 1. The summed E-state index contributed by atoms with van der Waals surface area (Å²) in [6, 6.07) is 11.3. The first kappa shape index (κ1) is 17.5. The van der Waals surface area contributed by atoms with Gasteiger partial charge < -0.3 is 10.1 Å². The zero-order chi connectivity index (χ0) is 17.3. The molecule has 0 saturated heterocycles. The number of amides is 1. The number of nitrogens with one attached hydrogen (secondary N) is 1. The fourth-order valence-corrected chi connectivity index (χ4v) is 3.66. The smallest absolute Gasteiger partial charge is 0.234 e. The van der Waals surface area contributed by atoms with Gasteiger partial charge in [-0.15, -0.1) is 11.8 Å². The van der Waals surface area contributed by atoms with Gasteiger partial charge in [0, 0.05) is 16.3 Å². The van der Waals surface area contributed by atoms with Crippen molar-refractivity contribution in [3.8, 4) is 5.75 Å². The lowest BCUT2D eigenvalue weighted by Gasteiger charge is -2.16. The lowest BCUT2D eigenvalue weighted by atomic mass is 9.86. The average molecular weight is 382 g/mol. The van der Waals surface area contributed by atoms with Crippen molar-refractivity contribution < 1.29 is 9.53 Å². The number of hydrogen-bond donors (Lipinski definition) is 1. The van der Waals surface area contributed by atoms with Crippen molar-refractivity contribution in [2.24, 2.45) is 0 Å². The van der Waals surface area contributed by atoms with E-state index in [-0.39, 0.29) is 5.91 Å². The second-order valence-corrected chi connectivity index (χ2v) is 8.04. The number of anilines is 1. The van der Waals surface area contributed by atoms with Gasteiger partial charge in [0.2, 0.25) is 5.91 Å². The van der Waals surface area contributed by atoms with Gasteiger partial charge in [-0.05, 0) is 55.8 Å². The first-order chi connectivity index (χ1) is 11.4. The average Bonchev–Trinajstić information content (AvgIpc) is 2.77. The van der Waals surface area contributed by atoms with E-state index in [0.29, 0.717) is 16.7 Å². The molecule has 24 heavy (non-hydrogen) atoms. The molecule has 0 fully saturated rings. The lowest BCUT2D eigenvalue weighted by Crippen LogP contribution is -2.26. The zero-order valence-electron chi connectivity index (χ0n) is 13.4. The number of benzene rings is 2. The summed E-state index contributed by atoms with van der Waals surface area (Å²) in [6.07, 6.45) is 0. The van der Waals surface area contributed by atoms with Gasteiger partial charge in [0.1, 0.15) is 5.75 Å². The lowest BCUT2D eigenvalue weighted by molar-refractivity contribution is -0.119. The summed E-state index contributed by atoms with van der Waals surface area (Å²) in [5.41, 5.74) is 1.31. The van der Waals surface area contributed by atoms with Gasteiger partial charge in [-0.1, -0.05) is 23.2 Å². The summed E-state index contributed by atoms with van der Waals surface area (Å²) in [7, 11) is 0. The third-order valence-electron chi connectivity index (χ3n) is 3.99. The second kappa shape index (κ2) is 6.87. The van der Waals surface area contributed by atoms with Crippen LogP contribution in [0.5, 0.6) is 5.75 Å². The Kier molecular flexibility index (Phi) is 5.00. The topological polar surface area (TPSA) is 38.3 Å². The van der Waals surface area contributed by atoms with Crippen molar-refractivity contribution in [3.63, 3.8) is 0 Å². The van der Waals surface area contributed by atoms with E-state index in [2.05, 4.69) is 5.32 Å². The van der Waals surface area contributed by atoms with E-state index in [1.54, 1.807) is 17.8 Å². The van der Waals surface area contributed by atoms with Crippen molar-refractivity contribution in [2.75, 3.05) is 17.7 Å². The molecule has 2 aromatic rings. The van der Waals surface area contributed by atoms with Gasteiger partial charge >= 0.3 is 0 Å². The molecule has 3 nitrogen and oxygen atoms in total. The van der Waals surface area contributed by atoms with Crippen LogP contribution >= 0.6 is 35.0 Å². The van der Waals surface area contributed by atoms with Crippen LogP contribution in [0.1, 0.15) is 19.4 Å². The quantitative estimate of drug-likeness (QED) is 0.556. The zero-order valence-corrected chi connectivity index (χ0v) is 15.7. The summed E-state index contributed by atoms with van der Waals surface area (Å²) in [5, 5.41) is 4.00. The highest BCUT2D eigenvalue weighted by Crippen LogP contribution is 2.39. The van der Waals surface area contributed by atoms with Gasteiger partial charge in [0.15, 0.2) is 0 Å². The molecule has 0 radical (unpaired) electrons. The molecule has 0 unspecified atom stereocenters. The molecule has 0 aromatic heterocycles. The van der Waals surface area contributed by atoms with E-state index in [1.165, 1.54) is 0 Å². The van der Waals surface area contributed by atoms with Crippen molar-refractivity contribution >= 4 is 46.6 Å². The van der Waals surface area contributed by atoms with Gasteiger partial charge in [0.25, 0.3) is 0 Å². The molecule has 0 atom stereocenters. The maximum atomic E-state index is 12.0. The molecule has 1 N–H and O–H groups in total. The molecule has 1 amide bonds. The van der Waals surface area contributed by atoms with Gasteiger partial charge in [-0.2, -0.15) is 0 Å². The van der Waals surface area contributed by atoms with Crippen LogP contribution in [0.15, 0.2) is 41.3 Å². The molecule has 1 aliphatic heterocycles. The van der Waals surface area contributed by atoms with Crippen LogP contribution < -0.4 is 10.1 Å². The largest absolute Gasteiger partial charge is 0.493 e. The van der Waals surface area contributed by atoms with Gasteiger partial charge in [-0.25, -0.2) is 0 Å². The standard InChI is InChI=1S/C18H17Cl2NO2S/c1-18(2)13-9-11(3-6-16(13)21-17(18)22)23-7-8-24-12-4-5-14(19)15(20)10-12/h3-6,9-10H,7-8H2,1-2H3,(H,21,22). The summed E-state index contributed by atoms with van der Waals surface area (Å²) in [6.45, 7) is 4.39. The number of ether oxygens (including phenoxy) is 1. The third-order valence-corrected chi connectivity index (χ3v) is 5.69. The minimum absolute atomic E-state index is 0.0184. The Morgan fingerprint density at radius 2 is 1.92 bits per heavy atom. The van der Waals surface area contributed by atoms with Crippen LogP contribution in [0.4, 0.5) is 5.69 Å². The van der Waals surface area contributed by atoms with Crippen molar-refractivity contribution in [3.05, 3.63) is 52.0 Å². The Labute approximate surface area is 155 Å². The number of halogens is 2. The Bertz CT molecular complexity index is 793. The Balaban J connectivity index is 1.57. The number of hydrogen-bond acceptors (Lipinski definition) is 3. The van der Waals surface area contributed by atoms with Crippen LogP contribution in [0, 0.1) is 0 Å². The van der Waals surface area contributed by atoms with Gasteiger partial charge in [0.05, 0.1) is 22.1 Å². The normalized spacial score (nSPS) is 15.1. The Morgan fingerprint density at radius 1 is 1.12 bits per heavy atom. The SMILES string of the molecule is CC1(C)C(=O)Nc2ccc(OCCSc3ccc(Cl)c(Cl)c3)cc21. The van der Waals surface area contributed by atoms with E-state index in [4.69, 9.17) is 27.9 Å². The maximum Gasteiger partial charge on any atom is 0.234 e. The van der Waals surface area contributed by atoms with E-state index in [1.807, 2.05) is 44.2 Å². The fraction of sp³-hybridized carbons (Fsp3) is 0.278. The molecular weight excluding hydrogens is 365 g/mol. The summed E-state index contributed by atoms with van der Waals surface area (Å²) >= 11 is 13.6. The van der Waals surface area contributed by atoms with Crippen molar-refractivity contribution in [2.45, 2.75) is 24.2 Å². The van der Waals surface area contributed by atoms with Crippen LogP contribution in [-0.4, -0.2) is 18.3 Å². The molecule has 3 rings (SSSR count). The number of rotatable bonds is 5. The molecule has 1 heterocycles. The highest BCUT2D eigenvalue weighted by atomic mass is 35.5. The first-order valence-electron chi connectivity index (χ1n) is 7.54. The Morgan fingerprint density at radius 3 is 2.67 bits per heavy atom. The van der Waals surface area contributed by atoms with E-state index in [0.717, 1.165) is 27.6 Å². The highest BCUT2D eigenvalue weighted by molar-refractivity contribution is 7.99. The predicted octanol–water partition coefficient (Wildman–Crippen LogP) is 5.39. The molecule has 0 aliphatic carbocycles. The summed E-state index contributed by atoms with van der Waals surface area (Å²) in [5.74, 6) is 1.58.